The van der Waals surface area contributed by atoms with Crippen molar-refractivity contribution in [3.8, 4) is 0 Å². The van der Waals surface area contributed by atoms with E-state index in [4.69, 9.17) is 9.47 Å². The molecule has 0 unspecified atom stereocenters. The van der Waals surface area contributed by atoms with Gasteiger partial charge in [-0.1, -0.05) is 26.7 Å². The van der Waals surface area contributed by atoms with Crippen LogP contribution in [0.25, 0.3) is 0 Å². The van der Waals surface area contributed by atoms with Crippen molar-refractivity contribution in [3.05, 3.63) is 0 Å². The van der Waals surface area contributed by atoms with Crippen LogP contribution < -0.4 is 0 Å². The first-order chi connectivity index (χ1) is 6.28. The molecule has 0 amide bonds. The van der Waals surface area contributed by atoms with Gasteiger partial charge in [-0.05, 0) is 12.3 Å². The Kier molecular flexibility index (Phi) is 8.46. The second kappa shape index (κ2) is 8.52. The van der Waals surface area contributed by atoms with Crippen LogP contribution in [0.1, 0.15) is 33.1 Å². The molecule has 0 atom stereocenters. The van der Waals surface area contributed by atoms with Gasteiger partial charge in [-0.15, -0.1) is 0 Å². The highest BCUT2D eigenvalue weighted by Crippen LogP contribution is 2.19. The minimum atomic E-state index is 0.569. The summed E-state index contributed by atoms with van der Waals surface area (Å²) in [7, 11) is 3.52. The summed E-state index contributed by atoms with van der Waals surface area (Å²) in [6.45, 7) is 6.16. The van der Waals surface area contributed by atoms with E-state index in [0.29, 0.717) is 5.92 Å². The highest BCUT2D eigenvalue weighted by Gasteiger charge is 2.13. The van der Waals surface area contributed by atoms with E-state index in [2.05, 4.69) is 13.8 Å². The number of methoxy groups -OCH3 is 2. The molecule has 0 aliphatic carbocycles. The Morgan fingerprint density at radius 3 is 1.62 bits per heavy atom. The van der Waals surface area contributed by atoms with Crippen LogP contribution in [-0.2, 0) is 9.47 Å². The smallest absolute Gasteiger partial charge is 0.0512 e. The fraction of sp³-hybridized carbons (Fsp3) is 1.00. The summed E-state index contributed by atoms with van der Waals surface area (Å²) >= 11 is 0. The number of hydrogen-bond donors (Lipinski definition) is 0. The highest BCUT2D eigenvalue weighted by atomic mass is 16.5. The first-order valence-corrected chi connectivity index (χ1v) is 5.26. The van der Waals surface area contributed by atoms with E-state index in [1.165, 1.54) is 19.3 Å². The zero-order valence-electron chi connectivity index (χ0n) is 9.51. The lowest BCUT2D eigenvalue weighted by Gasteiger charge is -2.20. The molecule has 80 valence electrons. The van der Waals surface area contributed by atoms with Gasteiger partial charge in [0.25, 0.3) is 0 Å². The standard InChI is InChI=1S/C11H24O2/c1-5-10(6-2)7-11(8-12-3)9-13-4/h10-11H,5-9H2,1-4H3. The van der Waals surface area contributed by atoms with Gasteiger partial charge >= 0.3 is 0 Å². The molecule has 2 nitrogen and oxygen atoms in total. The van der Waals surface area contributed by atoms with Crippen LogP contribution in [-0.4, -0.2) is 27.4 Å². The van der Waals surface area contributed by atoms with Gasteiger partial charge in [-0.25, -0.2) is 0 Å². The molecule has 0 spiro atoms. The van der Waals surface area contributed by atoms with Gasteiger partial charge in [0.15, 0.2) is 0 Å². The zero-order valence-corrected chi connectivity index (χ0v) is 9.51. The molecular weight excluding hydrogens is 164 g/mol. The molecule has 0 aromatic heterocycles. The molecule has 0 N–H and O–H groups in total. The van der Waals surface area contributed by atoms with Crippen molar-refractivity contribution in [1.29, 1.82) is 0 Å². The lowest BCUT2D eigenvalue weighted by atomic mass is 9.91. The molecule has 0 rings (SSSR count). The number of hydrogen-bond acceptors (Lipinski definition) is 2. The Hall–Kier alpha value is -0.0800. The molecular formula is C11H24O2. The first kappa shape index (κ1) is 12.9. The molecule has 0 fully saturated rings. The quantitative estimate of drug-likeness (QED) is 0.583. The first-order valence-electron chi connectivity index (χ1n) is 5.26. The average molecular weight is 188 g/mol. The third-order valence-corrected chi connectivity index (χ3v) is 2.63. The second-order valence-corrected chi connectivity index (χ2v) is 3.69. The SMILES string of the molecule is CCC(CC)CC(COC)COC. The van der Waals surface area contributed by atoms with E-state index in [1.54, 1.807) is 14.2 Å². The van der Waals surface area contributed by atoms with Crippen molar-refractivity contribution < 1.29 is 9.47 Å². The lowest BCUT2D eigenvalue weighted by Crippen LogP contribution is -2.18. The largest absolute Gasteiger partial charge is 0.384 e. The van der Waals surface area contributed by atoms with Gasteiger partial charge in [0, 0.05) is 20.1 Å². The molecule has 0 aliphatic heterocycles. The molecule has 0 radical (unpaired) electrons. The Bertz CT molecular complexity index is 94.3. The molecule has 0 heterocycles. The van der Waals surface area contributed by atoms with Crippen LogP contribution in [0.15, 0.2) is 0 Å². The third kappa shape index (κ3) is 6.05. The molecule has 2 heteroatoms. The summed E-state index contributed by atoms with van der Waals surface area (Å²) in [5, 5.41) is 0. The third-order valence-electron chi connectivity index (χ3n) is 2.63. The van der Waals surface area contributed by atoms with Crippen molar-refractivity contribution in [2.75, 3.05) is 27.4 Å². The Morgan fingerprint density at radius 1 is 0.846 bits per heavy atom. The molecule has 0 saturated heterocycles. The zero-order chi connectivity index (χ0) is 10.1. The fourth-order valence-electron chi connectivity index (χ4n) is 1.75. The van der Waals surface area contributed by atoms with E-state index in [1.807, 2.05) is 0 Å². The van der Waals surface area contributed by atoms with Gasteiger partial charge in [0.2, 0.25) is 0 Å². The van der Waals surface area contributed by atoms with E-state index in [0.717, 1.165) is 19.1 Å². The maximum Gasteiger partial charge on any atom is 0.0512 e. The minimum absolute atomic E-state index is 0.569. The van der Waals surface area contributed by atoms with Crippen molar-refractivity contribution in [1.82, 2.24) is 0 Å². The van der Waals surface area contributed by atoms with Crippen LogP contribution in [0, 0.1) is 11.8 Å². The summed E-state index contributed by atoms with van der Waals surface area (Å²) in [4.78, 5) is 0. The van der Waals surface area contributed by atoms with Gasteiger partial charge < -0.3 is 9.47 Å². The summed E-state index contributed by atoms with van der Waals surface area (Å²) < 4.78 is 10.3. The van der Waals surface area contributed by atoms with Gasteiger partial charge in [0.1, 0.15) is 0 Å². The van der Waals surface area contributed by atoms with E-state index in [9.17, 15) is 0 Å². The fourth-order valence-corrected chi connectivity index (χ4v) is 1.75. The molecule has 0 bridgehead atoms. The van der Waals surface area contributed by atoms with E-state index < -0.39 is 0 Å². The predicted octanol–water partition coefficient (Wildman–Crippen LogP) is 2.72. The topological polar surface area (TPSA) is 18.5 Å². The monoisotopic (exact) mass is 188 g/mol. The Labute approximate surface area is 82.6 Å². The molecule has 0 aromatic carbocycles. The Balaban J connectivity index is 3.76. The van der Waals surface area contributed by atoms with Gasteiger partial charge in [-0.2, -0.15) is 0 Å². The van der Waals surface area contributed by atoms with Crippen LogP contribution in [0.2, 0.25) is 0 Å². The van der Waals surface area contributed by atoms with Crippen LogP contribution in [0.4, 0.5) is 0 Å². The van der Waals surface area contributed by atoms with Gasteiger partial charge in [0.05, 0.1) is 13.2 Å². The molecule has 0 saturated carbocycles. The van der Waals surface area contributed by atoms with Crippen LogP contribution in [0.5, 0.6) is 0 Å². The number of ether oxygens (including phenoxy) is 2. The maximum absolute atomic E-state index is 5.17. The Morgan fingerprint density at radius 2 is 1.31 bits per heavy atom. The van der Waals surface area contributed by atoms with Crippen molar-refractivity contribution >= 4 is 0 Å². The summed E-state index contributed by atoms with van der Waals surface area (Å²) in [6, 6.07) is 0. The minimum Gasteiger partial charge on any atom is -0.384 e. The van der Waals surface area contributed by atoms with Gasteiger partial charge in [-0.3, -0.25) is 0 Å². The summed E-state index contributed by atoms with van der Waals surface area (Å²) in [6.07, 6.45) is 3.76. The van der Waals surface area contributed by atoms with E-state index in [-0.39, 0.29) is 0 Å². The highest BCUT2D eigenvalue weighted by molar-refractivity contribution is 4.63. The second-order valence-electron chi connectivity index (χ2n) is 3.69. The number of rotatable bonds is 8. The predicted molar refractivity (Wildman–Crippen MR) is 55.9 cm³/mol. The molecule has 13 heavy (non-hydrogen) atoms. The summed E-state index contributed by atoms with van der Waals surface area (Å²) in [5.41, 5.74) is 0. The maximum atomic E-state index is 5.17. The van der Waals surface area contributed by atoms with Crippen molar-refractivity contribution in [2.24, 2.45) is 11.8 Å². The van der Waals surface area contributed by atoms with Crippen molar-refractivity contribution in [3.63, 3.8) is 0 Å². The summed E-state index contributed by atoms with van der Waals surface area (Å²) in [5.74, 6) is 1.40. The van der Waals surface area contributed by atoms with Crippen LogP contribution in [0.3, 0.4) is 0 Å². The normalized spacial score (nSPS) is 11.5. The molecule has 0 aromatic rings. The average Bonchev–Trinajstić information content (AvgIpc) is 2.14. The van der Waals surface area contributed by atoms with Crippen molar-refractivity contribution in [2.45, 2.75) is 33.1 Å². The lowest BCUT2D eigenvalue weighted by molar-refractivity contribution is 0.0709. The van der Waals surface area contributed by atoms with Crippen LogP contribution >= 0.6 is 0 Å². The van der Waals surface area contributed by atoms with E-state index >= 15 is 0 Å². The molecule has 0 aliphatic rings.